The Morgan fingerprint density at radius 2 is 2.14 bits per heavy atom. The summed E-state index contributed by atoms with van der Waals surface area (Å²) in [6, 6.07) is 4.11. The van der Waals surface area contributed by atoms with Crippen LogP contribution in [-0.2, 0) is 0 Å². The van der Waals surface area contributed by atoms with Crippen molar-refractivity contribution in [1.29, 1.82) is 0 Å². The lowest BCUT2D eigenvalue weighted by molar-refractivity contribution is -0.384. The van der Waals surface area contributed by atoms with E-state index in [4.69, 9.17) is 23.2 Å². The molecular weight excluding hydrogens is 335 g/mol. The van der Waals surface area contributed by atoms with Gasteiger partial charge in [-0.1, -0.05) is 23.2 Å². The van der Waals surface area contributed by atoms with Gasteiger partial charge in [-0.15, -0.1) is 0 Å². The van der Waals surface area contributed by atoms with Gasteiger partial charge in [0.05, 0.1) is 16.0 Å². The lowest BCUT2D eigenvalue weighted by atomic mass is 10.1. The Kier molecular flexibility index (Phi) is 4.82. The molecule has 1 unspecified atom stereocenters. The maximum absolute atomic E-state index is 12.2. The molecule has 0 aliphatic heterocycles. The van der Waals surface area contributed by atoms with E-state index >= 15 is 0 Å². The van der Waals surface area contributed by atoms with E-state index in [1.165, 1.54) is 17.4 Å². The van der Waals surface area contributed by atoms with E-state index in [2.05, 4.69) is 5.32 Å². The first-order valence-electron chi connectivity index (χ1n) is 5.86. The van der Waals surface area contributed by atoms with Gasteiger partial charge < -0.3 is 5.32 Å². The third-order valence-electron chi connectivity index (χ3n) is 2.86. The van der Waals surface area contributed by atoms with Crippen LogP contribution in [0.5, 0.6) is 0 Å². The molecule has 0 radical (unpaired) electrons. The number of carbonyl (C=O) groups excluding carboxylic acids is 1. The molecule has 1 aromatic heterocycles. The van der Waals surface area contributed by atoms with Crippen LogP contribution < -0.4 is 5.32 Å². The summed E-state index contributed by atoms with van der Waals surface area (Å²) in [6.07, 6.45) is 0. The van der Waals surface area contributed by atoms with Gasteiger partial charge in [0.25, 0.3) is 11.6 Å². The van der Waals surface area contributed by atoms with Crippen LogP contribution in [0.1, 0.15) is 28.9 Å². The van der Waals surface area contributed by atoms with Crippen molar-refractivity contribution in [1.82, 2.24) is 5.32 Å². The van der Waals surface area contributed by atoms with Gasteiger partial charge in [0.2, 0.25) is 0 Å². The number of hydrogen-bond acceptors (Lipinski definition) is 4. The molecule has 0 bridgehead atoms. The van der Waals surface area contributed by atoms with Crippen LogP contribution in [0.4, 0.5) is 5.69 Å². The number of amides is 1. The molecular formula is C13H10Cl2N2O3S. The van der Waals surface area contributed by atoms with Crippen molar-refractivity contribution >= 4 is 46.1 Å². The second-order valence-electron chi connectivity index (χ2n) is 4.30. The lowest BCUT2D eigenvalue weighted by Crippen LogP contribution is -2.26. The minimum Gasteiger partial charge on any atom is -0.345 e. The van der Waals surface area contributed by atoms with Crippen molar-refractivity contribution in [2.24, 2.45) is 0 Å². The number of benzene rings is 1. The molecule has 0 aliphatic rings. The third-order valence-corrected chi connectivity index (χ3v) is 4.35. The van der Waals surface area contributed by atoms with Gasteiger partial charge >= 0.3 is 0 Å². The quantitative estimate of drug-likeness (QED) is 0.657. The molecule has 0 spiro atoms. The molecule has 1 heterocycles. The van der Waals surface area contributed by atoms with E-state index in [-0.39, 0.29) is 21.7 Å². The molecule has 1 N–H and O–H groups in total. The second-order valence-corrected chi connectivity index (χ2v) is 5.87. The van der Waals surface area contributed by atoms with Crippen molar-refractivity contribution in [2.75, 3.05) is 0 Å². The molecule has 1 amide bonds. The normalized spacial score (nSPS) is 12.0. The van der Waals surface area contributed by atoms with Crippen LogP contribution in [0.25, 0.3) is 0 Å². The summed E-state index contributed by atoms with van der Waals surface area (Å²) in [5, 5.41) is 17.3. The van der Waals surface area contributed by atoms with Gasteiger partial charge in [0.1, 0.15) is 5.02 Å². The van der Waals surface area contributed by atoms with Crippen LogP contribution in [0.3, 0.4) is 0 Å². The smallest absolute Gasteiger partial charge is 0.290 e. The van der Waals surface area contributed by atoms with Gasteiger partial charge in [0.15, 0.2) is 0 Å². The predicted octanol–water partition coefficient (Wildman–Crippen LogP) is 4.45. The topological polar surface area (TPSA) is 72.2 Å². The Hall–Kier alpha value is -1.63. The molecule has 0 saturated carbocycles. The van der Waals surface area contributed by atoms with E-state index in [0.717, 1.165) is 11.6 Å². The summed E-state index contributed by atoms with van der Waals surface area (Å²) in [5.74, 6) is -0.449. The fourth-order valence-corrected chi connectivity index (χ4v) is 2.87. The van der Waals surface area contributed by atoms with Crippen molar-refractivity contribution in [3.63, 3.8) is 0 Å². The van der Waals surface area contributed by atoms with Gasteiger partial charge in [-0.25, -0.2) is 0 Å². The van der Waals surface area contributed by atoms with E-state index in [0.29, 0.717) is 0 Å². The first-order valence-corrected chi connectivity index (χ1v) is 7.56. The molecule has 5 nitrogen and oxygen atoms in total. The number of carbonyl (C=O) groups is 1. The average Bonchev–Trinajstić information content (AvgIpc) is 2.95. The number of halogens is 2. The number of nitrogens with zero attached hydrogens (tertiary/aromatic N) is 1. The van der Waals surface area contributed by atoms with Gasteiger partial charge in [-0.05, 0) is 35.4 Å². The standard InChI is InChI=1S/C13H10Cl2N2O3S/c1-7(8-2-3-21-6-8)16-13(18)9-4-10(14)12(15)11(5-9)17(19)20/h2-7H,1H3,(H,16,18). The lowest BCUT2D eigenvalue weighted by Gasteiger charge is -2.13. The SMILES string of the molecule is CC(NC(=O)c1cc(Cl)c(Cl)c([N+](=O)[O-])c1)c1ccsc1. The third kappa shape index (κ3) is 3.53. The fraction of sp³-hybridized carbons (Fsp3) is 0.154. The maximum Gasteiger partial charge on any atom is 0.290 e. The molecule has 1 aromatic carbocycles. The zero-order valence-electron chi connectivity index (χ0n) is 10.8. The largest absolute Gasteiger partial charge is 0.345 e. The van der Waals surface area contributed by atoms with E-state index < -0.39 is 16.5 Å². The number of thiophene rings is 1. The molecule has 2 aromatic rings. The Bertz CT molecular complexity index is 689. The van der Waals surface area contributed by atoms with Gasteiger partial charge in [-0.3, -0.25) is 14.9 Å². The monoisotopic (exact) mass is 344 g/mol. The molecule has 0 saturated heterocycles. The van der Waals surface area contributed by atoms with Crippen molar-refractivity contribution in [3.05, 3.63) is 60.2 Å². The Morgan fingerprint density at radius 1 is 1.43 bits per heavy atom. The summed E-state index contributed by atoms with van der Waals surface area (Å²) in [4.78, 5) is 22.4. The summed E-state index contributed by atoms with van der Waals surface area (Å²) in [7, 11) is 0. The van der Waals surface area contributed by atoms with Crippen LogP contribution >= 0.6 is 34.5 Å². The minimum absolute atomic E-state index is 0.0285. The van der Waals surface area contributed by atoms with Crippen molar-refractivity contribution in [3.8, 4) is 0 Å². The van der Waals surface area contributed by atoms with Crippen LogP contribution in [0.2, 0.25) is 10.0 Å². The van der Waals surface area contributed by atoms with Crippen molar-refractivity contribution < 1.29 is 9.72 Å². The highest BCUT2D eigenvalue weighted by atomic mass is 35.5. The molecule has 21 heavy (non-hydrogen) atoms. The van der Waals surface area contributed by atoms with Crippen LogP contribution in [0.15, 0.2) is 29.0 Å². The number of nitrogens with one attached hydrogen (secondary N) is 1. The summed E-state index contributed by atoms with van der Waals surface area (Å²) < 4.78 is 0. The second kappa shape index (κ2) is 6.43. The Balaban J connectivity index is 2.25. The molecule has 0 aliphatic carbocycles. The summed E-state index contributed by atoms with van der Waals surface area (Å²) in [6.45, 7) is 1.83. The first kappa shape index (κ1) is 15.8. The number of rotatable bonds is 4. The van der Waals surface area contributed by atoms with Crippen molar-refractivity contribution in [2.45, 2.75) is 13.0 Å². The fourth-order valence-electron chi connectivity index (χ4n) is 1.72. The predicted molar refractivity (Wildman–Crippen MR) is 83.3 cm³/mol. The number of nitro benzene ring substituents is 1. The minimum atomic E-state index is -0.673. The molecule has 0 fully saturated rings. The van der Waals surface area contributed by atoms with Crippen LogP contribution in [-0.4, -0.2) is 10.8 Å². The molecule has 110 valence electrons. The van der Waals surface area contributed by atoms with E-state index in [9.17, 15) is 14.9 Å². The molecule has 8 heteroatoms. The Morgan fingerprint density at radius 3 is 2.71 bits per heavy atom. The number of nitro groups is 1. The summed E-state index contributed by atoms with van der Waals surface area (Å²) >= 11 is 13.1. The highest BCUT2D eigenvalue weighted by Crippen LogP contribution is 2.33. The zero-order valence-corrected chi connectivity index (χ0v) is 13.1. The number of hydrogen-bond donors (Lipinski definition) is 1. The maximum atomic E-state index is 12.2. The van der Waals surface area contributed by atoms with Gasteiger partial charge in [0, 0.05) is 11.6 Å². The average molecular weight is 345 g/mol. The zero-order chi connectivity index (χ0) is 15.6. The Labute approximate surface area is 134 Å². The molecule has 1 atom stereocenters. The van der Waals surface area contributed by atoms with E-state index in [1.807, 2.05) is 23.8 Å². The van der Waals surface area contributed by atoms with E-state index in [1.54, 1.807) is 0 Å². The van der Waals surface area contributed by atoms with Gasteiger partial charge in [-0.2, -0.15) is 11.3 Å². The molecule has 2 rings (SSSR count). The highest BCUT2D eigenvalue weighted by Gasteiger charge is 2.21. The van der Waals surface area contributed by atoms with Crippen LogP contribution in [0, 0.1) is 10.1 Å². The first-order chi connectivity index (χ1) is 9.90. The highest BCUT2D eigenvalue weighted by molar-refractivity contribution is 7.07. The summed E-state index contributed by atoms with van der Waals surface area (Å²) in [5.41, 5.74) is 0.665.